The number of rotatable bonds is 1. The summed E-state index contributed by atoms with van der Waals surface area (Å²) in [5.74, 6) is 0. The third kappa shape index (κ3) is 1.52. The van der Waals surface area contributed by atoms with Gasteiger partial charge >= 0.3 is 0 Å². The van der Waals surface area contributed by atoms with Crippen molar-refractivity contribution in [2.75, 3.05) is 0 Å². The van der Waals surface area contributed by atoms with Gasteiger partial charge < -0.3 is 4.84 Å². The molecule has 63 valence electrons. The Morgan fingerprint density at radius 3 is 2.62 bits per heavy atom. The number of hydrogen-bond acceptors (Lipinski definition) is 3. The zero-order valence-electron chi connectivity index (χ0n) is 6.90. The zero-order valence-corrected chi connectivity index (χ0v) is 6.90. The maximum Gasteiger partial charge on any atom is 0.172 e. The van der Waals surface area contributed by atoms with Crippen molar-refractivity contribution in [2.45, 2.75) is 6.42 Å². The Balaban J connectivity index is 2.28. The van der Waals surface area contributed by atoms with Gasteiger partial charge in [0.1, 0.15) is 0 Å². The molecular weight excluding hydrogens is 164 g/mol. The van der Waals surface area contributed by atoms with E-state index in [2.05, 4.69) is 11.2 Å². The summed E-state index contributed by atoms with van der Waals surface area (Å²) in [6.07, 6.45) is 0.728. The van der Waals surface area contributed by atoms with E-state index in [9.17, 15) is 0 Å². The molecule has 1 radical (unpaired) electrons. The smallest absolute Gasteiger partial charge is 0.172 e. The Hall–Kier alpha value is -1.82. The molecule has 2 rings (SSSR count). The standard InChI is InChI=1S/C10H7N2O/c11-7-8-1-3-9(4-2-8)10-5-6-13-12-10/h1-4,6H,5H2. The van der Waals surface area contributed by atoms with Gasteiger partial charge in [0.05, 0.1) is 17.3 Å². The Morgan fingerprint density at radius 2 is 2.08 bits per heavy atom. The van der Waals surface area contributed by atoms with Gasteiger partial charge in [-0.25, -0.2) is 0 Å². The van der Waals surface area contributed by atoms with Crippen molar-refractivity contribution in [1.82, 2.24) is 0 Å². The lowest BCUT2D eigenvalue weighted by Crippen LogP contribution is -1.95. The minimum absolute atomic E-state index is 0.659. The molecule has 1 aliphatic rings. The van der Waals surface area contributed by atoms with Crippen LogP contribution < -0.4 is 0 Å². The largest absolute Gasteiger partial charge is 0.388 e. The summed E-state index contributed by atoms with van der Waals surface area (Å²) in [6, 6.07) is 9.36. The monoisotopic (exact) mass is 171 g/mol. The fourth-order valence-corrected chi connectivity index (χ4v) is 1.16. The van der Waals surface area contributed by atoms with Crippen molar-refractivity contribution >= 4 is 5.71 Å². The molecule has 1 aromatic carbocycles. The molecule has 1 aromatic rings. The molecular formula is C10H7N2O. The minimum Gasteiger partial charge on any atom is -0.388 e. The van der Waals surface area contributed by atoms with Crippen LogP contribution in [0.2, 0.25) is 0 Å². The van der Waals surface area contributed by atoms with E-state index in [0.29, 0.717) is 5.56 Å². The maximum atomic E-state index is 8.58. The van der Waals surface area contributed by atoms with Gasteiger partial charge in [-0.15, -0.1) is 0 Å². The summed E-state index contributed by atoms with van der Waals surface area (Å²) >= 11 is 0. The highest BCUT2D eigenvalue weighted by Crippen LogP contribution is 2.13. The van der Waals surface area contributed by atoms with Crippen LogP contribution in [-0.2, 0) is 4.84 Å². The van der Waals surface area contributed by atoms with Crippen LogP contribution in [0.1, 0.15) is 17.5 Å². The first-order valence-electron chi connectivity index (χ1n) is 3.95. The number of nitrogens with zero attached hydrogens (tertiary/aromatic N) is 2. The van der Waals surface area contributed by atoms with Crippen LogP contribution in [0.4, 0.5) is 0 Å². The van der Waals surface area contributed by atoms with E-state index in [1.807, 2.05) is 12.1 Å². The topological polar surface area (TPSA) is 45.4 Å². The Kier molecular flexibility index (Phi) is 1.97. The molecule has 0 aliphatic carbocycles. The van der Waals surface area contributed by atoms with Gasteiger partial charge in [-0.1, -0.05) is 17.3 Å². The summed E-state index contributed by atoms with van der Waals surface area (Å²) < 4.78 is 0. The molecule has 13 heavy (non-hydrogen) atoms. The number of oxime groups is 1. The second-order valence-electron chi connectivity index (χ2n) is 2.70. The minimum atomic E-state index is 0.659. The van der Waals surface area contributed by atoms with E-state index in [-0.39, 0.29) is 0 Å². The van der Waals surface area contributed by atoms with Crippen LogP contribution in [0.15, 0.2) is 29.4 Å². The molecule has 0 N–H and O–H groups in total. The Labute approximate surface area is 76.2 Å². The third-order valence-corrected chi connectivity index (χ3v) is 1.86. The summed E-state index contributed by atoms with van der Waals surface area (Å²) in [6.45, 7) is 1.65. The van der Waals surface area contributed by atoms with Crippen molar-refractivity contribution < 1.29 is 4.84 Å². The number of hydrogen-bond donors (Lipinski definition) is 0. The number of benzene rings is 1. The highest BCUT2D eigenvalue weighted by molar-refractivity contribution is 6.01. The molecule has 0 saturated heterocycles. The SMILES string of the molecule is N#Cc1ccc(C2=NO[CH]C2)cc1. The zero-order chi connectivity index (χ0) is 9.10. The molecule has 0 aromatic heterocycles. The lowest BCUT2D eigenvalue weighted by molar-refractivity contribution is 0.234. The van der Waals surface area contributed by atoms with Crippen LogP contribution in [0.5, 0.6) is 0 Å². The first-order valence-corrected chi connectivity index (χ1v) is 3.95. The fourth-order valence-electron chi connectivity index (χ4n) is 1.16. The molecule has 1 aliphatic heterocycles. The number of nitriles is 1. The lowest BCUT2D eigenvalue weighted by Gasteiger charge is -1.96. The van der Waals surface area contributed by atoms with E-state index in [1.54, 1.807) is 18.7 Å². The van der Waals surface area contributed by atoms with E-state index < -0.39 is 0 Å². The van der Waals surface area contributed by atoms with E-state index in [4.69, 9.17) is 10.1 Å². The highest BCUT2D eigenvalue weighted by Gasteiger charge is 2.10. The van der Waals surface area contributed by atoms with Crippen molar-refractivity contribution in [3.63, 3.8) is 0 Å². The highest BCUT2D eigenvalue weighted by atomic mass is 16.6. The third-order valence-electron chi connectivity index (χ3n) is 1.86. The predicted octanol–water partition coefficient (Wildman–Crippen LogP) is 1.84. The van der Waals surface area contributed by atoms with E-state index >= 15 is 0 Å². The summed E-state index contributed by atoms with van der Waals surface area (Å²) in [4.78, 5) is 4.77. The van der Waals surface area contributed by atoms with Crippen molar-refractivity contribution in [2.24, 2.45) is 5.16 Å². The van der Waals surface area contributed by atoms with E-state index in [0.717, 1.165) is 17.7 Å². The Bertz CT molecular complexity index is 373. The van der Waals surface area contributed by atoms with Gasteiger partial charge in [0.15, 0.2) is 6.61 Å². The van der Waals surface area contributed by atoms with Gasteiger partial charge in [0, 0.05) is 6.42 Å². The molecule has 0 amide bonds. The van der Waals surface area contributed by atoms with Crippen LogP contribution >= 0.6 is 0 Å². The van der Waals surface area contributed by atoms with E-state index in [1.165, 1.54) is 0 Å². The van der Waals surface area contributed by atoms with Crippen molar-refractivity contribution in [3.8, 4) is 6.07 Å². The van der Waals surface area contributed by atoms with Gasteiger partial charge in [-0.05, 0) is 17.7 Å². The molecule has 1 heterocycles. The first-order chi connectivity index (χ1) is 6.40. The van der Waals surface area contributed by atoms with Crippen LogP contribution in [0.25, 0.3) is 0 Å². The van der Waals surface area contributed by atoms with Gasteiger partial charge in [0.25, 0.3) is 0 Å². The molecule has 0 saturated carbocycles. The fraction of sp³-hybridized carbons (Fsp3) is 0.100. The molecule has 0 spiro atoms. The van der Waals surface area contributed by atoms with Crippen molar-refractivity contribution in [1.29, 1.82) is 5.26 Å². The van der Waals surface area contributed by atoms with Gasteiger partial charge in [-0.2, -0.15) is 5.26 Å². The van der Waals surface area contributed by atoms with Gasteiger partial charge in [0.2, 0.25) is 0 Å². The Morgan fingerprint density at radius 1 is 1.31 bits per heavy atom. The normalized spacial score (nSPS) is 14.5. The lowest BCUT2D eigenvalue weighted by atomic mass is 10.1. The average Bonchev–Trinajstić information content (AvgIpc) is 2.71. The summed E-state index contributed by atoms with van der Waals surface area (Å²) in [7, 11) is 0. The first kappa shape index (κ1) is 7.81. The predicted molar refractivity (Wildman–Crippen MR) is 47.7 cm³/mol. The quantitative estimate of drug-likeness (QED) is 0.647. The summed E-state index contributed by atoms with van der Waals surface area (Å²) in [5.41, 5.74) is 2.57. The summed E-state index contributed by atoms with van der Waals surface area (Å²) in [5, 5.41) is 12.4. The van der Waals surface area contributed by atoms with Gasteiger partial charge in [-0.3, -0.25) is 0 Å². The van der Waals surface area contributed by atoms with Crippen molar-refractivity contribution in [3.05, 3.63) is 42.0 Å². The second-order valence-corrected chi connectivity index (χ2v) is 2.70. The molecule has 0 fully saturated rings. The van der Waals surface area contributed by atoms with Crippen LogP contribution in [-0.4, -0.2) is 5.71 Å². The van der Waals surface area contributed by atoms with Crippen LogP contribution in [0, 0.1) is 17.9 Å². The molecule has 3 nitrogen and oxygen atoms in total. The molecule has 3 heteroatoms. The maximum absolute atomic E-state index is 8.58. The average molecular weight is 171 g/mol. The molecule has 0 bridgehead atoms. The van der Waals surface area contributed by atoms with Crippen LogP contribution in [0.3, 0.4) is 0 Å². The molecule has 0 atom stereocenters. The second kappa shape index (κ2) is 3.28. The molecule has 0 unspecified atom stereocenters.